The van der Waals surface area contributed by atoms with Crippen molar-refractivity contribution in [2.45, 2.75) is 56.6 Å². The summed E-state index contributed by atoms with van der Waals surface area (Å²) in [6.07, 6.45) is 3.05. The first kappa shape index (κ1) is 19.1. The summed E-state index contributed by atoms with van der Waals surface area (Å²) in [5.41, 5.74) is -0.450. The minimum atomic E-state index is -0.920. The summed E-state index contributed by atoms with van der Waals surface area (Å²) >= 11 is 1.58. The van der Waals surface area contributed by atoms with Crippen molar-refractivity contribution in [3.8, 4) is 5.88 Å². The van der Waals surface area contributed by atoms with Gasteiger partial charge < -0.3 is 14.4 Å². The number of amides is 1. The number of fused-ring (bicyclic) bond motifs is 2. The Balaban J connectivity index is 1.20. The highest BCUT2D eigenvalue weighted by Gasteiger charge is 2.63. The number of aryl methyl sites for hydroxylation is 1. The highest BCUT2D eigenvalue weighted by atomic mass is 32.1. The number of thiophene rings is 1. The van der Waals surface area contributed by atoms with Gasteiger partial charge in [0.15, 0.2) is 5.60 Å². The number of aromatic nitrogens is 2. The van der Waals surface area contributed by atoms with E-state index in [1.54, 1.807) is 16.2 Å². The molecule has 1 amide bonds. The van der Waals surface area contributed by atoms with E-state index in [1.807, 2.05) is 13.0 Å². The molecular formula is C22H19F2N3O3S. The largest absolute Gasteiger partial charge is 0.474 e. The summed E-state index contributed by atoms with van der Waals surface area (Å²) in [6, 6.07) is 5.05. The Kier molecular flexibility index (Phi) is 4.10. The first-order valence-corrected chi connectivity index (χ1v) is 11.1. The molecule has 1 aliphatic carbocycles. The van der Waals surface area contributed by atoms with Crippen LogP contribution >= 0.6 is 11.3 Å². The van der Waals surface area contributed by atoms with E-state index in [4.69, 9.17) is 9.47 Å². The summed E-state index contributed by atoms with van der Waals surface area (Å²) in [6.45, 7) is 2.01. The van der Waals surface area contributed by atoms with Gasteiger partial charge in [-0.05, 0) is 43.5 Å². The van der Waals surface area contributed by atoms with Gasteiger partial charge in [0, 0.05) is 23.8 Å². The second kappa shape index (κ2) is 6.67. The average Bonchev–Trinajstić information content (AvgIpc) is 3.34. The van der Waals surface area contributed by atoms with Gasteiger partial charge in [0.25, 0.3) is 5.91 Å². The molecule has 1 aromatic carbocycles. The molecule has 3 fully saturated rings. The summed E-state index contributed by atoms with van der Waals surface area (Å²) in [7, 11) is 0. The highest BCUT2D eigenvalue weighted by Crippen LogP contribution is 2.52. The fourth-order valence-electron chi connectivity index (χ4n) is 5.04. The van der Waals surface area contributed by atoms with E-state index < -0.39 is 17.2 Å². The maximum Gasteiger partial charge on any atom is 0.257 e. The molecule has 0 unspecified atom stereocenters. The smallest absolute Gasteiger partial charge is 0.257 e. The van der Waals surface area contributed by atoms with Gasteiger partial charge in [0.2, 0.25) is 5.88 Å². The van der Waals surface area contributed by atoms with Crippen LogP contribution in [0.2, 0.25) is 0 Å². The van der Waals surface area contributed by atoms with Gasteiger partial charge in [0.1, 0.15) is 35.1 Å². The molecular weight excluding hydrogens is 424 g/mol. The Morgan fingerprint density at radius 2 is 1.94 bits per heavy atom. The summed E-state index contributed by atoms with van der Waals surface area (Å²) in [5.74, 6) is -0.882. The number of halogens is 2. The quantitative estimate of drug-likeness (QED) is 0.605. The van der Waals surface area contributed by atoms with E-state index in [2.05, 4.69) is 9.97 Å². The molecule has 1 spiro atoms. The molecule has 6 nitrogen and oxygen atoms in total. The molecule has 6 rings (SSSR count). The Morgan fingerprint density at radius 1 is 1.16 bits per heavy atom. The zero-order valence-corrected chi connectivity index (χ0v) is 17.5. The van der Waals surface area contributed by atoms with Crippen LogP contribution in [0.25, 0.3) is 10.2 Å². The number of rotatable bonds is 3. The van der Waals surface area contributed by atoms with Gasteiger partial charge in [-0.1, -0.05) is 0 Å². The van der Waals surface area contributed by atoms with Crippen LogP contribution in [0.5, 0.6) is 5.88 Å². The minimum absolute atomic E-state index is 0.122. The SMILES string of the molecule is Cc1cc2c(OC3CC4(C3)O[C@@H]3CC[C@@H](c5cc(F)cc(F)c5)N3C4=O)ncnc2s1. The molecule has 0 radical (unpaired) electrons. The van der Waals surface area contributed by atoms with Crippen molar-refractivity contribution in [1.29, 1.82) is 0 Å². The summed E-state index contributed by atoms with van der Waals surface area (Å²) < 4.78 is 39.7. The Bertz CT molecular complexity index is 1190. The Morgan fingerprint density at radius 3 is 2.71 bits per heavy atom. The van der Waals surface area contributed by atoms with E-state index >= 15 is 0 Å². The third-order valence-electron chi connectivity index (χ3n) is 6.40. The lowest BCUT2D eigenvalue weighted by Gasteiger charge is -2.42. The molecule has 9 heteroatoms. The van der Waals surface area contributed by atoms with Crippen LogP contribution < -0.4 is 4.74 Å². The molecule has 2 aliphatic heterocycles. The average molecular weight is 443 g/mol. The molecule has 2 atom stereocenters. The molecule has 2 aromatic heterocycles. The summed E-state index contributed by atoms with van der Waals surface area (Å²) in [4.78, 5) is 25.5. The first-order valence-electron chi connectivity index (χ1n) is 10.3. The van der Waals surface area contributed by atoms with Crippen LogP contribution in [0.4, 0.5) is 8.78 Å². The predicted molar refractivity (Wildman–Crippen MR) is 109 cm³/mol. The number of carbonyl (C=O) groups is 1. The zero-order chi connectivity index (χ0) is 21.3. The van der Waals surface area contributed by atoms with Gasteiger partial charge in [-0.3, -0.25) is 4.79 Å². The number of hydrogen-bond donors (Lipinski definition) is 0. The number of ether oxygens (including phenoxy) is 2. The van der Waals surface area contributed by atoms with Gasteiger partial charge in [-0.25, -0.2) is 18.7 Å². The number of hydrogen-bond acceptors (Lipinski definition) is 6. The molecule has 160 valence electrons. The van der Waals surface area contributed by atoms with E-state index in [9.17, 15) is 13.6 Å². The normalized spacial score (nSPS) is 29.6. The maximum absolute atomic E-state index is 13.7. The zero-order valence-electron chi connectivity index (χ0n) is 16.7. The molecule has 0 bridgehead atoms. The fraction of sp³-hybridized carbons (Fsp3) is 0.409. The van der Waals surface area contributed by atoms with E-state index in [0.29, 0.717) is 37.1 Å². The minimum Gasteiger partial charge on any atom is -0.474 e. The van der Waals surface area contributed by atoms with E-state index in [-0.39, 0.29) is 24.3 Å². The summed E-state index contributed by atoms with van der Waals surface area (Å²) in [5, 5.41) is 0.874. The van der Waals surface area contributed by atoms with Crippen molar-refractivity contribution in [2.24, 2.45) is 0 Å². The predicted octanol–water partition coefficient (Wildman–Crippen LogP) is 4.28. The topological polar surface area (TPSA) is 64.6 Å². The Hall–Kier alpha value is -2.65. The molecule has 4 heterocycles. The lowest BCUT2D eigenvalue weighted by molar-refractivity contribution is -0.162. The standard InChI is InChI=1S/C22H19F2N3O3S/c1-11-4-16-19(25-10-26-20(16)31-11)29-15-8-22(9-15)21(28)27-17(2-3-18(27)30-22)12-5-13(23)7-14(24)6-12/h4-7,10,15,17-18H,2-3,8-9H2,1H3/t15?,17-,18+,22?/m0/s1. The van der Waals surface area contributed by atoms with Gasteiger partial charge in [-0.2, -0.15) is 0 Å². The van der Waals surface area contributed by atoms with Crippen molar-refractivity contribution >= 4 is 27.5 Å². The Labute approximate surface area is 180 Å². The third-order valence-corrected chi connectivity index (χ3v) is 7.36. The number of nitrogens with zero attached hydrogens (tertiary/aromatic N) is 3. The number of benzene rings is 1. The molecule has 0 N–H and O–H groups in total. The monoisotopic (exact) mass is 443 g/mol. The van der Waals surface area contributed by atoms with Crippen LogP contribution in [0.15, 0.2) is 30.6 Å². The van der Waals surface area contributed by atoms with Crippen LogP contribution in [-0.4, -0.2) is 38.7 Å². The molecule has 1 saturated carbocycles. The van der Waals surface area contributed by atoms with E-state index in [0.717, 1.165) is 21.2 Å². The van der Waals surface area contributed by atoms with Crippen molar-refractivity contribution in [2.75, 3.05) is 0 Å². The lowest BCUT2D eigenvalue weighted by Crippen LogP contribution is -2.56. The van der Waals surface area contributed by atoms with E-state index in [1.165, 1.54) is 18.5 Å². The van der Waals surface area contributed by atoms with Crippen LogP contribution in [0.3, 0.4) is 0 Å². The molecule has 2 saturated heterocycles. The second-order valence-electron chi connectivity index (χ2n) is 8.48. The third kappa shape index (κ3) is 2.94. The van der Waals surface area contributed by atoms with Crippen LogP contribution in [0.1, 0.15) is 42.2 Å². The van der Waals surface area contributed by atoms with Crippen LogP contribution in [0, 0.1) is 18.6 Å². The van der Waals surface area contributed by atoms with Crippen molar-refractivity contribution in [1.82, 2.24) is 14.9 Å². The van der Waals surface area contributed by atoms with Gasteiger partial charge in [-0.15, -0.1) is 11.3 Å². The first-order chi connectivity index (χ1) is 14.9. The molecule has 31 heavy (non-hydrogen) atoms. The van der Waals surface area contributed by atoms with Crippen molar-refractivity contribution < 1.29 is 23.0 Å². The lowest BCUT2D eigenvalue weighted by atomic mass is 9.76. The molecule has 3 aromatic rings. The highest BCUT2D eigenvalue weighted by molar-refractivity contribution is 7.18. The molecule has 3 aliphatic rings. The number of carbonyl (C=O) groups excluding carboxylic acids is 1. The van der Waals surface area contributed by atoms with Crippen molar-refractivity contribution in [3.05, 3.63) is 52.7 Å². The maximum atomic E-state index is 13.7. The van der Waals surface area contributed by atoms with Gasteiger partial charge in [0.05, 0.1) is 11.4 Å². The van der Waals surface area contributed by atoms with Gasteiger partial charge >= 0.3 is 0 Å². The second-order valence-corrected chi connectivity index (χ2v) is 9.71. The fourth-order valence-corrected chi connectivity index (χ4v) is 5.88. The van der Waals surface area contributed by atoms with Crippen molar-refractivity contribution in [3.63, 3.8) is 0 Å². The van der Waals surface area contributed by atoms with Crippen LogP contribution in [-0.2, 0) is 9.53 Å².